The molecule has 0 saturated carbocycles. The van der Waals surface area contributed by atoms with Crippen LogP contribution < -0.4 is 4.74 Å². The first-order valence-corrected chi connectivity index (χ1v) is 18.5. The Labute approximate surface area is 302 Å². The van der Waals surface area contributed by atoms with E-state index >= 15 is 0 Å². The second-order valence-electron chi connectivity index (χ2n) is 13.7. The molecule has 1 aliphatic rings. The van der Waals surface area contributed by atoms with E-state index in [2.05, 4.69) is 173 Å². The van der Waals surface area contributed by atoms with E-state index in [1.165, 1.54) is 69.4 Å². The van der Waals surface area contributed by atoms with Gasteiger partial charge in [-0.05, 0) is 83.4 Å². The molecule has 11 aromatic rings. The number of hydrogen-bond donors (Lipinski definition) is 0. The van der Waals surface area contributed by atoms with Crippen molar-refractivity contribution in [1.82, 2.24) is 9.13 Å². The van der Waals surface area contributed by atoms with Gasteiger partial charge in [-0.25, -0.2) is 0 Å². The first kappa shape index (κ1) is 28.1. The highest BCUT2D eigenvalue weighted by Crippen LogP contribution is 2.49. The Hall–Kier alpha value is -6.62. The highest BCUT2D eigenvalue weighted by atomic mass is 32.1. The van der Waals surface area contributed by atoms with Crippen molar-refractivity contribution in [1.29, 1.82) is 0 Å². The van der Waals surface area contributed by atoms with Crippen molar-refractivity contribution in [3.8, 4) is 45.1 Å². The van der Waals surface area contributed by atoms with E-state index < -0.39 is 0 Å². The monoisotopic (exact) mass is 680 g/mol. The van der Waals surface area contributed by atoms with E-state index in [0.717, 1.165) is 39.5 Å². The van der Waals surface area contributed by atoms with Gasteiger partial charge in [0.05, 0.1) is 27.8 Å². The van der Waals surface area contributed by atoms with Crippen molar-refractivity contribution in [3.63, 3.8) is 0 Å². The molecule has 4 heterocycles. The van der Waals surface area contributed by atoms with Gasteiger partial charge in [-0.2, -0.15) is 0 Å². The Balaban J connectivity index is 1.01. The van der Waals surface area contributed by atoms with Gasteiger partial charge < -0.3 is 13.9 Å². The maximum atomic E-state index is 6.75. The molecule has 4 heteroatoms. The first-order chi connectivity index (χ1) is 25.8. The summed E-state index contributed by atoms with van der Waals surface area (Å²) >= 11 is 1.87. The zero-order valence-corrected chi connectivity index (χ0v) is 28.7. The molecule has 1 aliphatic heterocycles. The molecular formula is C48H28N2OS. The predicted octanol–water partition coefficient (Wildman–Crippen LogP) is 13.7. The van der Waals surface area contributed by atoms with Crippen molar-refractivity contribution in [2.24, 2.45) is 0 Å². The highest BCUT2D eigenvalue weighted by Gasteiger charge is 2.26. The number of aromatic nitrogens is 2. The molecule has 0 atom stereocenters. The van der Waals surface area contributed by atoms with Crippen LogP contribution in [0.5, 0.6) is 11.5 Å². The van der Waals surface area contributed by atoms with Gasteiger partial charge in [-0.3, -0.25) is 0 Å². The smallest absolute Gasteiger partial charge is 0.160 e. The maximum absolute atomic E-state index is 6.75. The number of fused-ring (bicyclic) bond motifs is 11. The van der Waals surface area contributed by atoms with Gasteiger partial charge in [0.1, 0.15) is 0 Å². The van der Waals surface area contributed by atoms with Crippen LogP contribution in [0.1, 0.15) is 0 Å². The Morgan fingerprint density at radius 3 is 1.96 bits per heavy atom. The summed E-state index contributed by atoms with van der Waals surface area (Å²) in [4.78, 5) is 0. The fourth-order valence-electron chi connectivity index (χ4n) is 8.67. The van der Waals surface area contributed by atoms with Crippen LogP contribution in [0.4, 0.5) is 0 Å². The lowest BCUT2D eigenvalue weighted by Gasteiger charge is -2.23. The van der Waals surface area contributed by atoms with Crippen molar-refractivity contribution < 1.29 is 4.74 Å². The Bertz CT molecular complexity index is 3270. The summed E-state index contributed by atoms with van der Waals surface area (Å²) in [5.41, 5.74) is 11.6. The first-order valence-electron chi connectivity index (χ1n) is 17.7. The molecule has 0 radical (unpaired) electrons. The molecule has 3 nitrogen and oxygen atoms in total. The van der Waals surface area contributed by atoms with Gasteiger partial charge in [-0.15, -0.1) is 11.3 Å². The average Bonchev–Trinajstić information content (AvgIpc) is 3.87. The minimum atomic E-state index is 0.870. The number of nitrogens with zero attached hydrogens (tertiary/aromatic N) is 2. The lowest BCUT2D eigenvalue weighted by Crippen LogP contribution is -2.05. The lowest BCUT2D eigenvalue weighted by molar-refractivity contribution is 0.478. The average molecular weight is 681 g/mol. The normalized spacial score (nSPS) is 12.4. The number of rotatable bonds is 3. The van der Waals surface area contributed by atoms with E-state index in [-0.39, 0.29) is 0 Å². The molecular weight excluding hydrogens is 653 g/mol. The summed E-state index contributed by atoms with van der Waals surface area (Å²) in [6.07, 6.45) is 0. The zero-order chi connectivity index (χ0) is 33.9. The van der Waals surface area contributed by atoms with E-state index in [0.29, 0.717) is 0 Å². The molecule has 12 rings (SSSR count). The molecule has 0 fully saturated rings. The number of thiophene rings is 1. The molecule has 0 aliphatic carbocycles. The molecule has 8 aromatic carbocycles. The minimum Gasteiger partial charge on any atom is -0.452 e. The van der Waals surface area contributed by atoms with Crippen LogP contribution in [-0.2, 0) is 0 Å². The summed E-state index contributed by atoms with van der Waals surface area (Å²) in [5.74, 6) is 1.77. The quantitative estimate of drug-likeness (QED) is 0.182. The van der Waals surface area contributed by atoms with Gasteiger partial charge in [0.2, 0.25) is 0 Å². The molecule has 0 unspecified atom stereocenters. The number of ether oxygens (including phenoxy) is 1. The van der Waals surface area contributed by atoms with Crippen LogP contribution in [0.2, 0.25) is 0 Å². The van der Waals surface area contributed by atoms with Crippen LogP contribution in [0.3, 0.4) is 0 Å². The van der Waals surface area contributed by atoms with Gasteiger partial charge in [-0.1, -0.05) is 103 Å². The highest BCUT2D eigenvalue weighted by molar-refractivity contribution is 7.25. The molecule has 242 valence electrons. The van der Waals surface area contributed by atoms with Gasteiger partial charge in [0, 0.05) is 53.0 Å². The topological polar surface area (TPSA) is 19.1 Å². The fraction of sp³-hybridized carbons (Fsp3) is 0. The second-order valence-corrected chi connectivity index (χ2v) is 14.8. The molecule has 0 N–H and O–H groups in total. The predicted molar refractivity (Wildman–Crippen MR) is 219 cm³/mol. The number of para-hydroxylation sites is 4. The van der Waals surface area contributed by atoms with Crippen LogP contribution in [0.15, 0.2) is 170 Å². The third-order valence-electron chi connectivity index (χ3n) is 10.9. The Kier molecular flexibility index (Phi) is 5.65. The van der Waals surface area contributed by atoms with Crippen molar-refractivity contribution in [2.75, 3.05) is 0 Å². The van der Waals surface area contributed by atoms with Crippen molar-refractivity contribution in [2.45, 2.75) is 0 Å². The van der Waals surface area contributed by atoms with Crippen LogP contribution in [-0.4, -0.2) is 9.13 Å². The third kappa shape index (κ3) is 3.79. The summed E-state index contributed by atoms with van der Waals surface area (Å²) < 4.78 is 14.2. The molecule has 0 saturated heterocycles. The van der Waals surface area contributed by atoms with Gasteiger partial charge >= 0.3 is 0 Å². The molecule has 0 bridgehead atoms. The van der Waals surface area contributed by atoms with Crippen LogP contribution in [0.25, 0.3) is 97.4 Å². The molecule has 3 aromatic heterocycles. The molecule has 52 heavy (non-hydrogen) atoms. The van der Waals surface area contributed by atoms with Gasteiger partial charge in [0.15, 0.2) is 11.5 Å². The summed E-state index contributed by atoms with van der Waals surface area (Å²) in [7, 11) is 0. The number of benzene rings is 8. The zero-order valence-electron chi connectivity index (χ0n) is 27.9. The van der Waals surface area contributed by atoms with E-state index in [9.17, 15) is 0 Å². The lowest BCUT2D eigenvalue weighted by atomic mass is 9.98. The summed E-state index contributed by atoms with van der Waals surface area (Å²) in [6.45, 7) is 0. The second kappa shape index (κ2) is 10.5. The standard InChI is InChI=1S/C48H28N2OS/c1-5-15-40-34(10-1)36-26-25-33(48-47(36)50(40)42-16-6-7-17-43(42)51-48)29-20-23-31(24-21-29)49-39-14-4-2-11-35(39)38-28-30(22-27-41(38)49)32-13-9-19-45-46(32)37-12-3-8-18-44(37)52-45/h1-28H. The Morgan fingerprint density at radius 1 is 0.423 bits per heavy atom. The third-order valence-corrected chi connectivity index (χ3v) is 12.1. The van der Waals surface area contributed by atoms with Crippen LogP contribution in [0, 0.1) is 0 Å². The number of hydrogen-bond acceptors (Lipinski definition) is 2. The van der Waals surface area contributed by atoms with Crippen LogP contribution >= 0.6 is 11.3 Å². The van der Waals surface area contributed by atoms with Gasteiger partial charge in [0.25, 0.3) is 0 Å². The minimum absolute atomic E-state index is 0.870. The van der Waals surface area contributed by atoms with Crippen molar-refractivity contribution >= 4 is 75.1 Å². The van der Waals surface area contributed by atoms with E-state index in [1.54, 1.807) is 0 Å². The Morgan fingerprint density at radius 2 is 1.10 bits per heavy atom. The summed E-state index contributed by atoms with van der Waals surface area (Å²) in [6, 6.07) is 61.6. The maximum Gasteiger partial charge on any atom is 0.160 e. The summed E-state index contributed by atoms with van der Waals surface area (Å²) in [5, 5.41) is 7.60. The SMILES string of the molecule is c1ccc2c(c1)Oc1c(-c3ccc(-n4c5ccccc5c5cc(-c6cccc7sc8ccccc8c67)ccc54)cc3)ccc3c4ccccc4n-2c13. The van der Waals surface area contributed by atoms with E-state index in [4.69, 9.17) is 4.74 Å². The molecule has 0 spiro atoms. The largest absolute Gasteiger partial charge is 0.452 e. The van der Waals surface area contributed by atoms with Crippen molar-refractivity contribution in [3.05, 3.63) is 170 Å². The molecule has 0 amide bonds. The fourth-order valence-corrected chi connectivity index (χ4v) is 9.80. The van der Waals surface area contributed by atoms with E-state index in [1.807, 2.05) is 17.4 Å².